The first-order valence-electron chi connectivity index (χ1n) is 6.27. The van der Waals surface area contributed by atoms with E-state index < -0.39 is 0 Å². The summed E-state index contributed by atoms with van der Waals surface area (Å²) in [7, 11) is 0. The van der Waals surface area contributed by atoms with E-state index in [1.54, 1.807) is 6.07 Å². The Labute approximate surface area is 135 Å². The molecular formula is C16H14Br2O2. The van der Waals surface area contributed by atoms with Crippen LogP contribution in [0.1, 0.15) is 22.8 Å². The van der Waals surface area contributed by atoms with Gasteiger partial charge in [-0.25, -0.2) is 4.79 Å². The molecule has 0 radical (unpaired) electrons. The van der Waals surface area contributed by atoms with Crippen molar-refractivity contribution in [2.75, 3.05) is 6.61 Å². The molecule has 0 aliphatic heterocycles. The van der Waals surface area contributed by atoms with E-state index in [-0.39, 0.29) is 5.97 Å². The molecule has 0 atom stereocenters. The van der Waals surface area contributed by atoms with Gasteiger partial charge < -0.3 is 4.74 Å². The summed E-state index contributed by atoms with van der Waals surface area (Å²) in [4.78, 5) is 12.1. The molecule has 4 heteroatoms. The highest BCUT2D eigenvalue weighted by Crippen LogP contribution is 2.35. The van der Waals surface area contributed by atoms with Gasteiger partial charge in [-0.3, -0.25) is 0 Å². The third-order valence-electron chi connectivity index (χ3n) is 3.05. The Morgan fingerprint density at radius 2 is 1.80 bits per heavy atom. The first-order chi connectivity index (χ1) is 9.56. The molecule has 20 heavy (non-hydrogen) atoms. The number of hydrogen-bond acceptors (Lipinski definition) is 2. The Bertz CT molecular complexity index is 651. The van der Waals surface area contributed by atoms with Crippen molar-refractivity contribution in [3.63, 3.8) is 0 Å². The maximum atomic E-state index is 12.1. The van der Waals surface area contributed by atoms with E-state index in [9.17, 15) is 4.79 Å². The molecule has 0 bridgehead atoms. The fraction of sp³-hybridized carbons (Fsp3) is 0.188. The lowest BCUT2D eigenvalue weighted by molar-refractivity contribution is 0.0527. The minimum Gasteiger partial charge on any atom is -0.462 e. The third-order valence-corrected chi connectivity index (χ3v) is 5.27. The molecule has 0 saturated heterocycles. The molecule has 0 aromatic heterocycles. The lowest BCUT2D eigenvalue weighted by atomic mass is 9.96. The highest BCUT2D eigenvalue weighted by atomic mass is 79.9. The second-order valence-electron chi connectivity index (χ2n) is 4.30. The van der Waals surface area contributed by atoms with Gasteiger partial charge in [0.25, 0.3) is 0 Å². The molecule has 2 aromatic rings. The minimum absolute atomic E-state index is 0.290. The van der Waals surface area contributed by atoms with Crippen molar-refractivity contribution in [2.24, 2.45) is 0 Å². The maximum absolute atomic E-state index is 12.1. The Balaban J connectivity index is 2.59. The number of hydrogen-bond donors (Lipinski definition) is 0. The van der Waals surface area contributed by atoms with Crippen LogP contribution < -0.4 is 0 Å². The van der Waals surface area contributed by atoms with Crippen LogP contribution in [0.4, 0.5) is 0 Å². The molecule has 0 heterocycles. The van der Waals surface area contributed by atoms with Crippen LogP contribution in [0.5, 0.6) is 0 Å². The lowest BCUT2D eigenvalue weighted by Crippen LogP contribution is -2.06. The molecule has 2 aromatic carbocycles. The van der Waals surface area contributed by atoms with Gasteiger partial charge in [0.1, 0.15) is 0 Å². The number of ether oxygens (including phenoxy) is 1. The maximum Gasteiger partial charge on any atom is 0.338 e. The van der Waals surface area contributed by atoms with Crippen LogP contribution in [-0.2, 0) is 4.74 Å². The van der Waals surface area contributed by atoms with E-state index in [2.05, 4.69) is 31.9 Å². The first kappa shape index (κ1) is 15.3. The molecule has 0 fully saturated rings. The predicted molar refractivity (Wildman–Crippen MR) is 88.0 cm³/mol. The van der Waals surface area contributed by atoms with Crippen LogP contribution in [0.25, 0.3) is 11.1 Å². The van der Waals surface area contributed by atoms with Crippen LogP contribution in [-0.4, -0.2) is 12.6 Å². The summed E-state index contributed by atoms with van der Waals surface area (Å²) in [5.41, 5.74) is 3.57. The van der Waals surface area contributed by atoms with Gasteiger partial charge in [0.2, 0.25) is 0 Å². The largest absolute Gasteiger partial charge is 0.462 e. The van der Waals surface area contributed by atoms with Gasteiger partial charge in [0.05, 0.1) is 12.2 Å². The number of carbonyl (C=O) groups excluding carboxylic acids is 1. The van der Waals surface area contributed by atoms with Gasteiger partial charge in [0.15, 0.2) is 0 Å². The SMILES string of the molecule is CCOC(=O)c1ccccc1-c1ccc(Br)c(Br)c1C. The molecule has 0 N–H and O–H groups in total. The van der Waals surface area contributed by atoms with E-state index in [0.717, 1.165) is 25.6 Å². The second kappa shape index (κ2) is 6.55. The van der Waals surface area contributed by atoms with Gasteiger partial charge in [-0.1, -0.05) is 24.3 Å². The van der Waals surface area contributed by atoms with Crippen LogP contribution in [0.3, 0.4) is 0 Å². The van der Waals surface area contributed by atoms with Gasteiger partial charge in [-0.15, -0.1) is 0 Å². The third kappa shape index (κ3) is 2.96. The van der Waals surface area contributed by atoms with Gasteiger partial charge >= 0.3 is 5.97 Å². The van der Waals surface area contributed by atoms with E-state index in [1.807, 2.05) is 44.2 Å². The lowest BCUT2D eigenvalue weighted by Gasteiger charge is -2.13. The zero-order valence-electron chi connectivity index (χ0n) is 11.2. The Kier molecular flexibility index (Phi) is 5.00. The number of carbonyl (C=O) groups is 1. The zero-order valence-corrected chi connectivity index (χ0v) is 14.4. The van der Waals surface area contributed by atoms with E-state index in [4.69, 9.17) is 4.74 Å². The van der Waals surface area contributed by atoms with Gasteiger partial charge in [-0.2, -0.15) is 0 Å². The molecule has 0 amide bonds. The summed E-state index contributed by atoms with van der Waals surface area (Å²) in [5.74, 6) is -0.290. The number of halogens is 2. The normalized spacial score (nSPS) is 10.4. The smallest absolute Gasteiger partial charge is 0.338 e. The average molecular weight is 398 g/mol. The van der Waals surface area contributed by atoms with Crippen LogP contribution in [0.15, 0.2) is 45.3 Å². The summed E-state index contributed by atoms with van der Waals surface area (Å²) in [6, 6.07) is 11.5. The number of benzene rings is 2. The number of esters is 1. The summed E-state index contributed by atoms with van der Waals surface area (Å²) >= 11 is 7.04. The topological polar surface area (TPSA) is 26.3 Å². The molecule has 2 nitrogen and oxygen atoms in total. The van der Waals surface area contributed by atoms with E-state index >= 15 is 0 Å². The fourth-order valence-corrected chi connectivity index (χ4v) is 2.82. The highest BCUT2D eigenvalue weighted by molar-refractivity contribution is 9.13. The van der Waals surface area contributed by atoms with E-state index in [1.165, 1.54) is 0 Å². The van der Waals surface area contributed by atoms with Crippen molar-refractivity contribution < 1.29 is 9.53 Å². The van der Waals surface area contributed by atoms with Crippen molar-refractivity contribution in [3.05, 3.63) is 56.5 Å². The molecule has 0 saturated carbocycles. The molecule has 0 unspecified atom stereocenters. The van der Waals surface area contributed by atoms with E-state index in [0.29, 0.717) is 12.2 Å². The van der Waals surface area contributed by atoms with Crippen molar-refractivity contribution >= 4 is 37.8 Å². The monoisotopic (exact) mass is 396 g/mol. The fourth-order valence-electron chi connectivity index (χ4n) is 2.05. The van der Waals surface area contributed by atoms with Crippen molar-refractivity contribution in [1.82, 2.24) is 0 Å². The molecule has 0 aliphatic carbocycles. The van der Waals surface area contributed by atoms with Crippen LogP contribution in [0.2, 0.25) is 0 Å². The van der Waals surface area contributed by atoms with Crippen LogP contribution in [0, 0.1) is 6.92 Å². The predicted octanol–water partition coefficient (Wildman–Crippen LogP) is 5.36. The van der Waals surface area contributed by atoms with Crippen molar-refractivity contribution in [3.8, 4) is 11.1 Å². The molecule has 104 valence electrons. The Morgan fingerprint density at radius 3 is 2.50 bits per heavy atom. The minimum atomic E-state index is -0.290. The highest BCUT2D eigenvalue weighted by Gasteiger charge is 2.16. The van der Waals surface area contributed by atoms with Crippen molar-refractivity contribution in [2.45, 2.75) is 13.8 Å². The average Bonchev–Trinajstić information content (AvgIpc) is 2.45. The zero-order chi connectivity index (χ0) is 14.7. The summed E-state index contributed by atoms with van der Waals surface area (Å²) in [5, 5.41) is 0. The number of rotatable bonds is 3. The summed E-state index contributed by atoms with van der Waals surface area (Å²) < 4.78 is 7.11. The van der Waals surface area contributed by atoms with Crippen LogP contribution >= 0.6 is 31.9 Å². The molecular weight excluding hydrogens is 384 g/mol. The second-order valence-corrected chi connectivity index (χ2v) is 5.95. The molecule has 0 spiro atoms. The summed E-state index contributed by atoms with van der Waals surface area (Å²) in [6.45, 7) is 4.20. The quantitative estimate of drug-likeness (QED) is 0.651. The first-order valence-corrected chi connectivity index (χ1v) is 7.86. The Hall–Kier alpha value is -1.13. The van der Waals surface area contributed by atoms with Gasteiger partial charge in [-0.05, 0) is 74.5 Å². The molecule has 2 rings (SSSR count). The Morgan fingerprint density at radius 1 is 1.10 bits per heavy atom. The standard InChI is InChI=1S/C16H14Br2O2/c1-3-20-16(19)13-7-5-4-6-12(13)11-8-9-14(17)15(18)10(11)2/h4-9H,3H2,1-2H3. The van der Waals surface area contributed by atoms with Crippen molar-refractivity contribution in [1.29, 1.82) is 0 Å². The molecule has 0 aliphatic rings. The van der Waals surface area contributed by atoms with Gasteiger partial charge in [0, 0.05) is 8.95 Å². The summed E-state index contributed by atoms with van der Waals surface area (Å²) in [6.07, 6.45) is 0.